The number of hydrogen-bond acceptors (Lipinski definition) is 9. The van der Waals surface area contributed by atoms with Crippen molar-refractivity contribution in [3.05, 3.63) is 70.8 Å². The Morgan fingerprint density at radius 1 is 0.561 bits per heavy atom. The van der Waals surface area contributed by atoms with Crippen LogP contribution < -0.4 is 28.4 Å². The number of benzene rings is 3. The SMILES string of the molecule is COc1cc([C@H]2CC(=O)C[C@@H](c3cc(OC)c(OC)c(OC)c3)C23C(=O)c2ccccc2C3=O)cc(OC)c1OC. The number of ether oxygens (including phenoxy) is 6. The Morgan fingerprint density at radius 3 is 1.20 bits per heavy atom. The number of Topliss-reactive ketones (excluding diaryl/α,β-unsaturated/α-hetero) is 3. The van der Waals surface area contributed by atoms with Crippen molar-refractivity contribution in [1.82, 2.24) is 0 Å². The molecule has 0 aromatic heterocycles. The lowest BCUT2D eigenvalue weighted by molar-refractivity contribution is -0.122. The second-order valence-electron chi connectivity index (χ2n) is 10.0. The molecule has 0 bridgehead atoms. The first-order chi connectivity index (χ1) is 19.8. The van der Waals surface area contributed by atoms with Crippen molar-refractivity contribution >= 4 is 17.3 Å². The Bertz CT molecular complexity index is 1380. The molecule has 9 heteroatoms. The molecule has 41 heavy (non-hydrogen) atoms. The van der Waals surface area contributed by atoms with Gasteiger partial charge < -0.3 is 28.4 Å². The minimum Gasteiger partial charge on any atom is -0.493 e. The van der Waals surface area contributed by atoms with Gasteiger partial charge in [-0.3, -0.25) is 14.4 Å². The van der Waals surface area contributed by atoms with E-state index in [-0.39, 0.29) is 30.2 Å². The van der Waals surface area contributed by atoms with Crippen LogP contribution in [0.3, 0.4) is 0 Å². The minimum atomic E-state index is -1.63. The van der Waals surface area contributed by atoms with Gasteiger partial charge in [0, 0.05) is 35.8 Å². The third-order valence-electron chi connectivity index (χ3n) is 8.31. The van der Waals surface area contributed by atoms with E-state index in [1.807, 2.05) is 0 Å². The van der Waals surface area contributed by atoms with E-state index in [9.17, 15) is 14.4 Å². The first-order valence-electron chi connectivity index (χ1n) is 13.1. The zero-order valence-corrected chi connectivity index (χ0v) is 23.9. The van der Waals surface area contributed by atoms with E-state index in [4.69, 9.17) is 28.4 Å². The summed E-state index contributed by atoms with van der Waals surface area (Å²) in [6.45, 7) is 0. The van der Waals surface area contributed by atoms with Gasteiger partial charge in [-0.2, -0.15) is 0 Å². The predicted molar refractivity (Wildman–Crippen MR) is 149 cm³/mol. The lowest BCUT2D eigenvalue weighted by atomic mass is 9.54. The first kappa shape index (κ1) is 28.0. The van der Waals surface area contributed by atoms with E-state index in [2.05, 4.69) is 0 Å². The Hall–Kier alpha value is -4.53. The fourth-order valence-electron chi connectivity index (χ4n) is 6.53. The highest BCUT2D eigenvalue weighted by Gasteiger charge is 2.64. The molecule has 1 fully saturated rings. The van der Waals surface area contributed by atoms with E-state index >= 15 is 0 Å². The summed E-state index contributed by atoms with van der Waals surface area (Å²) in [7, 11) is 8.94. The molecular formula is C32H32O9. The Balaban J connectivity index is 1.83. The van der Waals surface area contributed by atoms with Crippen LogP contribution in [0.4, 0.5) is 0 Å². The molecule has 0 amide bonds. The molecule has 1 spiro atoms. The molecule has 2 atom stereocenters. The topological polar surface area (TPSA) is 107 Å². The molecule has 9 nitrogen and oxygen atoms in total. The molecule has 1 saturated carbocycles. The highest BCUT2D eigenvalue weighted by atomic mass is 16.5. The molecule has 0 unspecified atom stereocenters. The average molecular weight is 561 g/mol. The van der Waals surface area contributed by atoms with E-state index in [0.29, 0.717) is 56.8 Å². The van der Waals surface area contributed by atoms with Gasteiger partial charge in [0.05, 0.1) is 42.7 Å². The normalized spacial score (nSPS) is 19.1. The van der Waals surface area contributed by atoms with Gasteiger partial charge in [0.1, 0.15) is 11.2 Å². The molecule has 0 radical (unpaired) electrons. The molecule has 2 aliphatic carbocycles. The van der Waals surface area contributed by atoms with Crippen molar-refractivity contribution in [2.24, 2.45) is 5.41 Å². The van der Waals surface area contributed by atoms with Gasteiger partial charge in [0.15, 0.2) is 34.6 Å². The van der Waals surface area contributed by atoms with Gasteiger partial charge in [-0.25, -0.2) is 0 Å². The zero-order chi connectivity index (χ0) is 29.5. The third kappa shape index (κ3) is 4.10. The van der Waals surface area contributed by atoms with Gasteiger partial charge in [-0.1, -0.05) is 24.3 Å². The van der Waals surface area contributed by atoms with Crippen LogP contribution in [0.1, 0.15) is 56.5 Å². The minimum absolute atomic E-state index is 0.0228. The monoisotopic (exact) mass is 560 g/mol. The summed E-state index contributed by atoms with van der Waals surface area (Å²) in [5.74, 6) is -0.250. The van der Waals surface area contributed by atoms with Crippen molar-refractivity contribution < 1.29 is 42.8 Å². The van der Waals surface area contributed by atoms with Crippen molar-refractivity contribution in [1.29, 1.82) is 0 Å². The first-order valence-corrected chi connectivity index (χ1v) is 13.1. The highest BCUT2D eigenvalue weighted by molar-refractivity contribution is 6.31. The van der Waals surface area contributed by atoms with Gasteiger partial charge in [-0.05, 0) is 35.4 Å². The average Bonchev–Trinajstić information content (AvgIpc) is 3.22. The summed E-state index contributed by atoms with van der Waals surface area (Å²) < 4.78 is 33.4. The Kier molecular flexibility index (Phi) is 7.38. The number of carbonyl (C=O) groups excluding carboxylic acids is 3. The van der Waals surface area contributed by atoms with Crippen molar-refractivity contribution in [3.8, 4) is 34.5 Å². The van der Waals surface area contributed by atoms with E-state index in [0.717, 1.165) is 0 Å². The lowest BCUT2D eigenvalue weighted by Gasteiger charge is -2.45. The van der Waals surface area contributed by atoms with Gasteiger partial charge in [0.2, 0.25) is 11.5 Å². The maximum absolute atomic E-state index is 14.6. The molecule has 2 aliphatic rings. The fourth-order valence-corrected chi connectivity index (χ4v) is 6.53. The van der Waals surface area contributed by atoms with Gasteiger partial charge >= 0.3 is 0 Å². The van der Waals surface area contributed by atoms with Crippen molar-refractivity contribution in [3.63, 3.8) is 0 Å². The number of hydrogen-bond donors (Lipinski definition) is 0. The summed E-state index contributed by atoms with van der Waals surface area (Å²) in [5.41, 5.74) is 0.148. The number of carbonyl (C=O) groups is 3. The van der Waals surface area contributed by atoms with Crippen LogP contribution in [-0.2, 0) is 4.79 Å². The summed E-state index contributed by atoms with van der Waals surface area (Å²) in [6.07, 6.45) is -0.0456. The predicted octanol–water partition coefficient (Wildman–Crippen LogP) is 5.03. The van der Waals surface area contributed by atoms with Crippen LogP contribution in [0.15, 0.2) is 48.5 Å². The van der Waals surface area contributed by atoms with E-state index in [1.165, 1.54) is 42.7 Å². The summed E-state index contributed by atoms with van der Waals surface area (Å²) in [6, 6.07) is 13.6. The molecule has 0 heterocycles. The quantitative estimate of drug-likeness (QED) is 0.351. The van der Waals surface area contributed by atoms with E-state index in [1.54, 1.807) is 48.5 Å². The summed E-state index contributed by atoms with van der Waals surface area (Å²) in [4.78, 5) is 42.8. The Morgan fingerprint density at radius 2 is 0.902 bits per heavy atom. The van der Waals surface area contributed by atoms with Gasteiger partial charge in [-0.15, -0.1) is 0 Å². The lowest BCUT2D eigenvalue weighted by Crippen LogP contribution is -2.49. The Labute approximate surface area is 238 Å². The smallest absolute Gasteiger partial charge is 0.203 e. The van der Waals surface area contributed by atoms with Crippen LogP contribution in [0.25, 0.3) is 0 Å². The van der Waals surface area contributed by atoms with Crippen LogP contribution in [0.5, 0.6) is 34.5 Å². The number of rotatable bonds is 8. The van der Waals surface area contributed by atoms with Crippen LogP contribution >= 0.6 is 0 Å². The van der Waals surface area contributed by atoms with Crippen molar-refractivity contribution in [2.75, 3.05) is 42.7 Å². The molecule has 3 aromatic carbocycles. The largest absolute Gasteiger partial charge is 0.493 e. The highest BCUT2D eigenvalue weighted by Crippen LogP contribution is 2.62. The second kappa shape index (κ2) is 10.8. The number of fused-ring (bicyclic) bond motifs is 1. The molecule has 5 rings (SSSR count). The maximum Gasteiger partial charge on any atom is 0.203 e. The van der Waals surface area contributed by atoms with Crippen LogP contribution in [0.2, 0.25) is 0 Å². The summed E-state index contributed by atoms with van der Waals surface area (Å²) >= 11 is 0. The molecule has 214 valence electrons. The van der Waals surface area contributed by atoms with Gasteiger partial charge in [0.25, 0.3) is 0 Å². The third-order valence-corrected chi connectivity index (χ3v) is 8.31. The van der Waals surface area contributed by atoms with Crippen LogP contribution in [-0.4, -0.2) is 60.0 Å². The fraction of sp³-hybridized carbons (Fsp3) is 0.344. The molecule has 0 saturated heterocycles. The molecule has 0 aliphatic heterocycles. The number of ketones is 3. The maximum atomic E-state index is 14.6. The molecule has 0 N–H and O–H groups in total. The van der Waals surface area contributed by atoms with Crippen LogP contribution in [0, 0.1) is 5.41 Å². The second-order valence-corrected chi connectivity index (χ2v) is 10.0. The van der Waals surface area contributed by atoms with E-state index < -0.39 is 17.3 Å². The molecular weight excluding hydrogens is 528 g/mol. The summed E-state index contributed by atoms with van der Waals surface area (Å²) in [5, 5.41) is 0. The molecule has 3 aromatic rings. The van der Waals surface area contributed by atoms with Crippen molar-refractivity contribution in [2.45, 2.75) is 24.7 Å². The standard InChI is InChI=1S/C32H32O9/c1-36-24-11-17(12-25(37-2)28(24)40-5)22-15-19(33)16-23(18-13-26(38-3)29(41-6)27(14-18)39-4)32(22)30(34)20-9-7-8-10-21(20)31(32)35/h7-14,22-23H,15-16H2,1-6H3/t22-,23+. The number of methoxy groups -OCH3 is 6. The zero-order valence-electron chi connectivity index (χ0n) is 23.9.